The van der Waals surface area contributed by atoms with E-state index in [0.29, 0.717) is 0 Å². The van der Waals surface area contributed by atoms with Gasteiger partial charge in [0.05, 0.1) is 22.7 Å². The van der Waals surface area contributed by atoms with Crippen molar-refractivity contribution in [2.75, 3.05) is 11.9 Å². The molecule has 0 radical (unpaired) electrons. The molecule has 1 aromatic carbocycles. The summed E-state index contributed by atoms with van der Waals surface area (Å²) in [5.74, 6) is -6.88. The molecule has 0 saturated carbocycles. The number of halogens is 4. The average molecular weight is 417 g/mol. The normalized spacial score (nSPS) is 38.8. The third-order valence-corrected chi connectivity index (χ3v) is 6.87. The van der Waals surface area contributed by atoms with Crippen LogP contribution in [0, 0.1) is 11.3 Å². The lowest BCUT2D eigenvalue weighted by molar-refractivity contribution is -0.159. The van der Waals surface area contributed by atoms with Gasteiger partial charge in [0.15, 0.2) is 0 Å². The summed E-state index contributed by atoms with van der Waals surface area (Å²) in [4.78, 5) is 39.6. The Bertz CT molecular complexity index is 970. The van der Waals surface area contributed by atoms with E-state index in [4.69, 9.17) is 27.9 Å². The predicted octanol–water partition coefficient (Wildman–Crippen LogP) is 2.57. The van der Waals surface area contributed by atoms with Gasteiger partial charge in [-0.05, 0) is 19.1 Å². The number of nitrogens with zero attached hydrogens (tertiary/aromatic N) is 1. The summed E-state index contributed by atoms with van der Waals surface area (Å²) in [5.41, 5.74) is -2.98. The zero-order valence-corrected chi connectivity index (χ0v) is 15.3. The van der Waals surface area contributed by atoms with Crippen molar-refractivity contribution in [2.45, 2.75) is 30.8 Å². The summed E-state index contributed by atoms with van der Waals surface area (Å²) in [5, 5.41) is 2.90. The summed E-state index contributed by atoms with van der Waals surface area (Å²) in [6.07, 6.45) is -0.652. The predicted molar refractivity (Wildman–Crippen MR) is 89.5 cm³/mol. The molecule has 4 aliphatic rings. The Balaban J connectivity index is 1.85. The van der Waals surface area contributed by atoms with Crippen LogP contribution in [0.15, 0.2) is 12.1 Å². The van der Waals surface area contributed by atoms with Crippen molar-refractivity contribution in [3.63, 3.8) is 0 Å². The topological polar surface area (TPSA) is 75.7 Å². The summed E-state index contributed by atoms with van der Waals surface area (Å²) >= 11 is 12.3. The molecule has 4 aliphatic heterocycles. The molecule has 0 aromatic heterocycles. The number of amides is 1. The van der Waals surface area contributed by atoms with Gasteiger partial charge in [-0.15, -0.1) is 0 Å². The van der Waals surface area contributed by atoms with E-state index in [2.05, 4.69) is 5.32 Å². The van der Waals surface area contributed by atoms with Gasteiger partial charge in [0.25, 0.3) is 11.8 Å². The molecular formula is C17H12Cl2F2N2O4. The molecule has 142 valence electrons. The number of alkyl halides is 2. The monoisotopic (exact) mass is 416 g/mol. The van der Waals surface area contributed by atoms with Gasteiger partial charge < -0.3 is 10.1 Å². The second-order valence-electron chi connectivity index (χ2n) is 7.66. The Labute approximate surface area is 161 Å². The highest BCUT2D eigenvalue weighted by Crippen LogP contribution is 2.67. The van der Waals surface area contributed by atoms with Crippen LogP contribution in [-0.2, 0) is 24.7 Å². The molecule has 27 heavy (non-hydrogen) atoms. The summed E-state index contributed by atoms with van der Waals surface area (Å²) in [6.45, 7) is 0.650. The Morgan fingerprint density at radius 1 is 1.26 bits per heavy atom. The van der Waals surface area contributed by atoms with E-state index in [9.17, 15) is 23.2 Å². The molecule has 3 saturated heterocycles. The standard InChI is InChI=1S/C17H12Cl2F2N2O4/c1-15-9-4-16(20,21)5-23(9)17(11(15)12(24)27-14(15)26)7-2-6(18)3-8(19)10(7)22-13(17)25/h2-3,9,11H,4-5H2,1H3,(H,22,25). The van der Waals surface area contributed by atoms with Crippen molar-refractivity contribution in [2.24, 2.45) is 11.3 Å². The summed E-state index contributed by atoms with van der Waals surface area (Å²) in [6, 6.07) is 1.80. The lowest BCUT2D eigenvalue weighted by Gasteiger charge is -2.35. The van der Waals surface area contributed by atoms with Gasteiger partial charge in [0.1, 0.15) is 11.5 Å². The number of hydrogen-bond donors (Lipinski definition) is 1. The Hall–Kier alpha value is -1.77. The first kappa shape index (κ1) is 17.3. The van der Waals surface area contributed by atoms with Crippen LogP contribution in [0.4, 0.5) is 14.5 Å². The molecule has 0 bridgehead atoms. The second-order valence-corrected chi connectivity index (χ2v) is 8.50. The van der Waals surface area contributed by atoms with Crippen molar-refractivity contribution in [1.82, 2.24) is 4.90 Å². The van der Waals surface area contributed by atoms with E-state index in [0.717, 1.165) is 0 Å². The number of rotatable bonds is 0. The van der Waals surface area contributed by atoms with Crippen LogP contribution < -0.4 is 5.32 Å². The van der Waals surface area contributed by atoms with Crippen molar-refractivity contribution < 1.29 is 27.9 Å². The SMILES string of the molecule is CC12C(=O)OC(=O)C1C1(C(=O)Nc3c(Cl)cc(Cl)cc31)N1CC(F)(F)CC12. The highest BCUT2D eigenvalue weighted by atomic mass is 35.5. The van der Waals surface area contributed by atoms with Crippen LogP contribution in [0.25, 0.3) is 0 Å². The van der Waals surface area contributed by atoms with Crippen LogP contribution in [-0.4, -0.2) is 41.3 Å². The number of hydrogen-bond acceptors (Lipinski definition) is 5. The van der Waals surface area contributed by atoms with E-state index in [1.807, 2.05) is 0 Å². The van der Waals surface area contributed by atoms with Crippen LogP contribution in [0.5, 0.6) is 0 Å². The van der Waals surface area contributed by atoms with Crippen molar-refractivity contribution in [1.29, 1.82) is 0 Å². The minimum Gasteiger partial charge on any atom is -0.392 e. The third kappa shape index (κ3) is 1.77. The largest absolute Gasteiger partial charge is 0.392 e. The molecule has 1 N–H and O–H groups in total. The van der Waals surface area contributed by atoms with E-state index in [1.165, 1.54) is 24.0 Å². The maximum atomic E-state index is 14.4. The van der Waals surface area contributed by atoms with E-state index >= 15 is 0 Å². The molecule has 0 aliphatic carbocycles. The molecular weight excluding hydrogens is 405 g/mol. The zero-order valence-electron chi connectivity index (χ0n) is 13.8. The Morgan fingerprint density at radius 3 is 2.67 bits per heavy atom. The number of ether oxygens (including phenoxy) is 1. The number of carbonyl (C=O) groups is 3. The third-order valence-electron chi connectivity index (χ3n) is 6.35. The fraction of sp³-hybridized carbons (Fsp3) is 0.471. The number of anilines is 1. The Morgan fingerprint density at radius 2 is 1.96 bits per heavy atom. The zero-order chi connectivity index (χ0) is 19.5. The van der Waals surface area contributed by atoms with Crippen molar-refractivity contribution in [3.8, 4) is 0 Å². The summed E-state index contributed by atoms with van der Waals surface area (Å²) < 4.78 is 33.5. The second kappa shape index (κ2) is 4.79. The van der Waals surface area contributed by atoms with Gasteiger partial charge in [-0.2, -0.15) is 0 Å². The van der Waals surface area contributed by atoms with Crippen molar-refractivity contribution in [3.05, 3.63) is 27.7 Å². The van der Waals surface area contributed by atoms with E-state index in [-0.39, 0.29) is 21.3 Å². The fourth-order valence-electron chi connectivity index (χ4n) is 5.35. The maximum Gasteiger partial charge on any atom is 0.322 e. The molecule has 4 heterocycles. The maximum absolute atomic E-state index is 14.4. The number of benzene rings is 1. The number of nitrogens with one attached hydrogen (secondary N) is 1. The first-order valence-electron chi connectivity index (χ1n) is 8.25. The lowest BCUT2D eigenvalue weighted by Crippen LogP contribution is -2.53. The highest BCUT2D eigenvalue weighted by Gasteiger charge is 2.82. The molecule has 1 spiro atoms. The van der Waals surface area contributed by atoms with Gasteiger partial charge in [0.2, 0.25) is 0 Å². The molecule has 4 atom stereocenters. The number of carbonyl (C=O) groups excluding carboxylic acids is 3. The first-order chi connectivity index (χ1) is 12.5. The minimum absolute atomic E-state index is 0.122. The number of esters is 2. The molecule has 1 aromatic rings. The highest BCUT2D eigenvalue weighted by molar-refractivity contribution is 6.38. The molecule has 10 heteroatoms. The van der Waals surface area contributed by atoms with Crippen LogP contribution in [0.1, 0.15) is 18.9 Å². The molecule has 6 nitrogen and oxygen atoms in total. The summed E-state index contributed by atoms with van der Waals surface area (Å²) in [7, 11) is 0. The quantitative estimate of drug-likeness (QED) is 0.519. The Kier molecular flexibility index (Phi) is 3.08. The molecule has 4 unspecified atom stereocenters. The lowest BCUT2D eigenvalue weighted by atomic mass is 9.67. The average Bonchev–Trinajstić information content (AvgIpc) is 3.15. The molecule has 3 fully saturated rings. The smallest absolute Gasteiger partial charge is 0.322 e. The molecule has 5 rings (SSSR count). The van der Waals surface area contributed by atoms with E-state index in [1.54, 1.807) is 0 Å². The van der Waals surface area contributed by atoms with E-state index < -0.39 is 59.6 Å². The van der Waals surface area contributed by atoms with Crippen molar-refractivity contribution >= 4 is 46.7 Å². The van der Waals surface area contributed by atoms with Crippen LogP contribution in [0.2, 0.25) is 10.0 Å². The van der Waals surface area contributed by atoms with Crippen LogP contribution >= 0.6 is 23.2 Å². The minimum atomic E-state index is -3.12. The van der Waals surface area contributed by atoms with Gasteiger partial charge in [0, 0.05) is 23.0 Å². The van der Waals surface area contributed by atoms with Gasteiger partial charge in [-0.25, -0.2) is 8.78 Å². The number of cyclic esters (lactones) is 2. The molecule has 1 amide bonds. The fourth-order valence-corrected chi connectivity index (χ4v) is 5.89. The van der Waals surface area contributed by atoms with Gasteiger partial charge >= 0.3 is 11.9 Å². The number of fused-ring (bicyclic) bond motifs is 7. The first-order valence-corrected chi connectivity index (χ1v) is 9.01. The van der Waals surface area contributed by atoms with Crippen LogP contribution in [0.3, 0.4) is 0 Å². The van der Waals surface area contributed by atoms with Gasteiger partial charge in [-0.1, -0.05) is 23.2 Å². The van der Waals surface area contributed by atoms with Gasteiger partial charge in [-0.3, -0.25) is 19.3 Å².